The van der Waals surface area contributed by atoms with Gasteiger partial charge in [0.15, 0.2) is 11.3 Å². The third-order valence-corrected chi connectivity index (χ3v) is 6.99. The van der Waals surface area contributed by atoms with Crippen LogP contribution in [0.2, 0.25) is 0 Å². The zero-order valence-corrected chi connectivity index (χ0v) is 24.7. The highest BCUT2D eigenvalue weighted by molar-refractivity contribution is 5.92. The lowest BCUT2D eigenvalue weighted by Gasteiger charge is -2.25. The molecule has 1 atom stereocenters. The smallest absolute Gasteiger partial charge is 0.381 e. The predicted molar refractivity (Wildman–Crippen MR) is 142 cm³/mol. The molecular weight excluding hydrogens is 602 g/mol. The number of carbonyl (C=O) groups is 2. The number of halogens is 6. The molecule has 44 heavy (non-hydrogen) atoms. The summed E-state index contributed by atoms with van der Waals surface area (Å²) in [7, 11) is 1.76. The van der Waals surface area contributed by atoms with Crippen LogP contribution in [0.1, 0.15) is 67.5 Å². The van der Waals surface area contributed by atoms with Gasteiger partial charge in [0.25, 0.3) is 5.91 Å². The molecule has 244 valence electrons. The fraction of sp³-hybridized carbons (Fsp3) is 0.615. The number of aryl methyl sites for hydroxylation is 1. The standard InChI is InChI=1S/C16H15F3N8O3.C6H11F3.C4H8O/c1-8-13(25-30-24-8)14(28)20-4-10-6-27-12(22-10)2-9(3-21-27)5-26-7-11(16(17,18)19)23-15(26)29;1-4-5(2,3)6(7,8)9;1-5-4-2-3-4/h2-3,6,11H,4-5,7H2,1H3,(H,20,28)(H,23,29);4H2,1-3H3;4H,2-3H2,1H3. The van der Waals surface area contributed by atoms with Gasteiger partial charge >= 0.3 is 18.4 Å². The summed E-state index contributed by atoms with van der Waals surface area (Å²) < 4.78 is 84.7. The average molecular weight is 637 g/mol. The summed E-state index contributed by atoms with van der Waals surface area (Å²) in [5.74, 6) is -0.473. The maximum atomic E-state index is 12.8. The van der Waals surface area contributed by atoms with Crippen molar-refractivity contribution in [2.75, 3.05) is 13.7 Å². The third-order valence-electron chi connectivity index (χ3n) is 6.99. The number of urea groups is 1. The molecule has 1 unspecified atom stereocenters. The summed E-state index contributed by atoms with van der Waals surface area (Å²) in [6.45, 7) is 5.09. The van der Waals surface area contributed by atoms with E-state index in [1.54, 1.807) is 26.3 Å². The molecule has 2 fully saturated rings. The normalized spacial score (nSPS) is 17.0. The molecule has 3 aromatic heterocycles. The van der Waals surface area contributed by atoms with Crippen molar-refractivity contribution in [2.45, 2.75) is 84.5 Å². The molecule has 3 aromatic rings. The molecule has 0 bridgehead atoms. The van der Waals surface area contributed by atoms with E-state index in [2.05, 4.69) is 30.3 Å². The molecule has 0 radical (unpaired) electrons. The van der Waals surface area contributed by atoms with E-state index in [0.717, 1.165) is 4.90 Å². The highest BCUT2D eigenvalue weighted by Gasteiger charge is 2.47. The Labute approximate surface area is 248 Å². The van der Waals surface area contributed by atoms with E-state index in [1.165, 1.54) is 44.3 Å². The van der Waals surface area contributed by atoms with Crippen LogP contribution < -0.4 is 10.6 Å². The van der Waals surface area contributed by atoms with Gasteiger partial charge in [0.1, 0.15) is 11.7 Å². The first-order valence-corrected chi connectivity index (χ1v) is 13.6. The molecule has 1 aliphatic carbocycles. The number of amides is 3. The number of alkyl halides is 6. The van der Waals surface area contributed by atoms with Gasteiger partial charge in [0.2, 0.25) is 0 Å². The van der Waals surface area contributed by atoms with Crippen LogP contribution in [0.4, 0.5) is 31.1 Å². The highest BCUT2D eigenvalue weighted by Crippen LogP contribution is 2.39. The van der Waals surface area contributed by atoms with Gasteiger partial charge in [-0.3, -0.25) is 4.79 Å². The molecule has 18 heteroatoms. The van der Waals surface area contributed by atoms with Crippen LogP contribution in [0.25, 0.3) is 5.65 Å². The van der Waals surface area contributed by atoms with Gasteiger partial charge in [0, 0.05) is 13.7 Å². The summed E-state index contributed by atoms with van der Waals surface area (Å²) in [5.41, 5.74) is 0.340. The third kappa shape index (κ3) is 9.27. The van der Waals surface area contributed by atoms with Crippen molar-refractivity contribution in [3.05, 3.63) is 41.1 Å². The second-order valence-electron chi connectivity index (χ2n) is 10.9. The molecule has 2 N–H and O–H groups in total. The molecule has 0 aromatic carbocycles. The summed E-state index contributed by atoms with van der Waals surface area (Å²) in [6.07, 6.45) is -2.18. The van der Waals surface area contributed by atoms with Crippen LogP contribution in [-0.4, -0.2) is 79.9 Å². The Morgan fingerprint density at radius 2 is 1.86 bits per heavy atom. The van der Waals surface area contributed by atoms with Gasteiger partial charge in [0.05, 0.1) is 42.7 Å². The number of imidazole rings is 1. The SMILES string of the molecule is CCC(C)(C)C(F)(F)F.COC1CC1.Cc1nonc1C(=O)NCc1cn2ncc(CN3CC(C(F)(F)F)NC3=O)cc2n1. The number of hydrogen-bond acceptors (Lipinski definition) is 8. The number of nitrogens with zero attached hydrogens (tertiary/aromatic N) is 6. The molecular formula is C26H34F6N8O4. The fourth-order valence-electron chi connectivity index (χ4n) is 3.46. The minimum atomic E-state index is -4.50. The minimum Gasteiger partial charge on any atom is -0.381 e. The number of rotatable bonds is 7. The fourth-order valence-corrected chi connectivity index (χ4v) is 3.46. The van der Waals surface area contributed by atoms with Crippen molar-refractivity contribution in [1.82, 2.24) is 40.4 Å². The van der Waals surface area contributed by atoms with Gasteiger partial charge in [-0.1, -0.05) is 25.9 Å². The molecule has 2 aliphatic rings. The van der Waals surface area contributed by atoms with Crippen LogP contribution >= 0.6 is 0 Å². The average Bonchev–Trinajstić information content (AvgIpc) is 3.37. The Morgan fingerprint density at radius 3 is 2.32 bits per heavy atom. The Hall–Kier alpha value is -3.96. The van der Waals surface area contributed by atoms with Gasteiger partial charge in [-0.2, -0.15) is 31.4 Å². The monoisotopic (exact) mass is 636 g/mol. The Bertz CT molecular complexity index is 1420. The van der Waals surface area contributed by atoms with Crippen LogP contribution in [-0.2, 0) is 17.8 Å². The lowest BCUT2D eigenvalue weighted by Crippen LogP contribution is -2.40. The van der Waals surface area contributed by atoms with Gasteiger partial charge in [-0.15, -0.1) is 0 Å². The van der Waals surface area contributed by atoms with E-state index in [0.29, 0.717) is 28.7 Å². The molecule has 1 aliphatic heterocycles. The summed E-state index contributed by atoms with van der Waals surface area (Å²) >= 11 is 0. The van der Waals surface area contributed by atoms with Crippen LogP contribution in [0, 0.1) is 12.3 Å². The lowest BCUT2D eigenvalue weighted by molar-refractivity contribution is -0.212. The minimum absolute atomic E-state index is 0.0424. The van der Waals surface area contributed by atoms with Gasteiger partial charge in [-0.25, -0.2) is 18.9 Å². The summed E-state index contributed by atoms with van der Waals surface area (Å²) in [5, 5.41) is 15.7. The second-order valence-corrected chi connectivity index (χ2v) is 10.9. The summed E-state index contributed by atoms with van der Waals surface area (Å²) in [4.78, 5) is 29.2. The van der Waals surface area contributed by atoms with E-state index < -0.39 is 42.3 Å². The predicted octanol–water partition coefficient (Wildman–Crippen LogP) is 4.59. The largest absolute Gasteiger partial charge is 0.410 e. The van der Waals surface area contributed by atoms with Crippen molar-refractivity contribution >= 4 is 17.6 Å². The van der Waals surface area contributed by atoms with Gasteiger partial charge in [-0.05, 0) is 43.0 Å². The van der Waals surface area contributed by atoms with Crippen LogP contribution in [0.15, 0.2) is 23.1 Å². The van der Waals surface area contributed by atoms with E-state index in [4.69, 9.17) is 4.74 Å². The van der Waals surface area contributed by atoms with Gasteiger partial charge < -0.3 is 20.3 Å². The quantitative estimate of drug-likeness (QED) is 0.359. The number of hydrogen-bond donors (Lipinski definition) is 2. The molecule has 5 rings (SSSR count). The number of fused-ring (bicyclic) bond motifs is 1. The molecule has 0 spiro atoms. The zero-order chi connectivity index (χ0) is 32.9. The Morgan fingerprint density at radius 1 is 1.18 bits per heavy atom. The lowest BCUT2D eigenvalue weighted by atomic mass is 9.90. The van der Waals surface area contributed by atoms with Crippen LogP contribution in [0.5, 0.6) is 0 Å². The topological polar surface area (TPSA) is 140 Å². The van der Waals surface area contributed by atoms with Crippen molar-refractivity contribution in [1.29, 1.82) is 0 Å². The zero-order valence-electron chi connectivity index (χ0n) is 24.7. The molecule has 3 amide bonds. The van der Waals surface area contributed by atoms with E-state index in [-0.39, 0.29) is 25.2 Å². The Kier molecular flexibility index (Phi) is 10.8. The first-order chi connectivity index (χ1) is 20.4. The van der Waals surface area contributed by atoms with E-state index >= 15 is 0 Å². The highest BCUT2D eigenvalue weighted by atomic mass is 19.4. The van der Waals surface area contributed by atoms with E-state index in [1.807, 2.05) is 5.32 Å². The second kappa shape index (κ2) is 13.8. The van der Waals surface area contributed by atoms with Crippen molar-refractivity contribution < 1.29 is 45.3 Å². The number of methoxy groups -OCH3 is 1. The number of aromatic nitrogens is 5. The molecule has 12 nitrogen and oxygen atoms in total. The Balaban J connectivity index is 0.000000312. The number of carbonyl (C=O) groups excluding carboxylic acids is 2. The first kappa shape index (κ1) is 34.5. The molecule has 1 saturated carbocycles. The summed E-state index contributed by atoms with van der Waals surface area (Å²) in [6, 6.07) is -1.08. The molecule has 4 heterocycles. The van der Waals surface area contributed by atoms with Crippen molar-refractivity contribution in [3.8, 4) is 0 Å². The maximum Gasteiger partial charge on any atom is 0.410 e. The van der Waals surface area contributed by atoms with E-state index in [9.17, 15) is 35.9 Å². The first-order valence-electron chi connectivity index (χ1n) is 13.6. The number of nitrogens with one attached hydrogen (secondary N) is 2. The van der Waals surface area contributed by atoms with Crippen LogP contribution in [0.3, 0.4) is 0 Å². The van der Waals surface area contributed by atoms with Crippen molar-refractivity contribution in [3.63, 3.8) is 0 Å². The number of ether oxygens (including phenoxy) is 1. The van der Waals surface area contributed by atoms with Crippen molar-refractivity contribution in [2.24, 2.45) is 5.41 Å². The molecule has 1 saturated heterocycles. The maximum absolute atomic E-state index is 12.8.